The van der Waals surface area contributed by atoms with E-state index in [1.165, 1.54) is 4.90 Å². The Kier molecular flexibility index (Phi) is 8.89. The molecule has 3 rings (SSSR count). The molecule has 1 aliphatic heterocycles. The number of amides is 1. The van der Waals surface area contributed by atoms with Crippen LogP contribution in [0, 0.1) is 0 Å². The summed E-state index contributed by atoms with van der Waals surface area (Å²) in [5, 5.41) is 12.3. The lowest BCUT2D eigenvalue weighted by atomic mass is 10.2. The maximum absolute atomic E-state index is 13.2. The molecule has 0 radical (unpaired) electrons. The summed E-state index contributed by atoms with van der Waals surface area (Å²) in [6.45, 7) is 3.99. The molecule has 0 spiro atoms. The Labute approximate surface area is 203 Å². The Bertz CT molecular complexity index is 1130. The van der Waals surface area contributed by atoms with Crippen LogP contribution in [0.5, 0.6) is 11.5 Å². The van der Waals surface area contributed by atoms with Crippen molar-refractivity contribution in [1.29, 1.82) is 0 Å². The maximum atomic E-state index is 13.2. The van der Waals surface area contributed by atoms with E-state index in [0.29, 0.717) is 52.3 Å². The van der Waals surface area contributed by atoms with Crippen LogP contribution < -0.4 is 15.8 Å². The second-order valence-corrected chi connectivity index (χ2v) is 8.63. The molecule has 1 aliphatic rings. The molecule has 0 saturated heterocycles. The summed E-state index contributed by atoms with van der Waals surface area (Å²) < 4.78 is 5.92. The number of allylic oxidation sites excluding steroid dienone is 1. The molecule has 0 atom stereocenters. The fourth-order valence-corrected chi connectivity index (χ4v) is 4.23. The summed E-state index contributed by atoms with van der Waals surface area (Å²) in [4.78, 5) is 31.5. The lowest BCUT2D eigenvalue weighted by Crippen LogP contribution is -2.35. The van der Waals surface area contributed by atoms with Gasteiger partial charge in [-0.05, 0) is 49.9 Å². The van der Waals surface area contributed by atoms with E-state index in [1.54, 1.807) is 31.2 Å². The first-order valence-electron chi connectivity index (χ1n) is 10.7. The Morgan fingerprint density at radius 1 is 1.24 bits per heavy atom. The van der Waals surface area contributed by atoms with Crippen LogP contribution >= 0.6 is 11.8 Å². The number of aliphatic hydroxyl groups is 1. The minimum absolute atomic E-state index is 0.169. The topological polar surface area (TPSA) is 117 Å². The van der Waals surface area contributed by atoms with Crippen molar-refractivity contribution in [3.8, 4) is 11.5 Å². The number of carbonyl (C=O) groups excluding carboxylic acids is 2. The molecule has 0 aromatic heterocycles. The van der Waals surface area contributed by atoms with Gasteiger partial charge in [-0.25, -0.2) is 0 Å². The number of nitrogens with zero attached hydrogens (tertiary/aromatic N) is 2. The van der Waals surface area contributed by atoms with Crippen molar-refractivity contribution in [2.45, 2.75) is 20.3 Å². The van der Waals surface area contributed by atoms with Crippen molar-refractivity contribution >= 4 is 29.1 Å². The number of aliphatic hydroxyl groups excluding tert-OH is 1. The first-order valence-corrected chi connectivity index (χ1v) is 11.6. The second kappa shape index (κ2) is 12.1. The number of carbonyl (C=O) groups is 2. The molecule has 178 valence electrons. The Hall–Kier alpha value is -3.56. The third kappa shape index (κ3) is 6.49. The van der Waals surface area contributed by atoms with Crippen molar-refractivity contribution in [3.63, 3.8) is 0 Å². The van der Waals surface area contributed by atoms with E-state index in [-0.39, 0.29) is 24.7 Å². The van der Waals surface area contributed by atoms with Crippen molar-refractivity contribution in [2.75, 3.05) is 19.7 Å². The molecule has 0 fully saturated rings. The van der Waals surface area contributed by atoms with Gasteiger partial charge in [-0.15, -0.1) is 0 Å². The molecule has 4 N–H and O–H groups in total. The molecular weight excluding hydrogens is 452 g/mol. The highest BCUT2D eigenvalue weighted by molar-refractivity contribution is 8.17. The molecule has 1 amide bonds. The van der Waals surface area contributed by atoms with Crippen molar-refractivity contribution in [2.24, 2.45) is 10.7 Å². The van der Waals surface area contributed by atoms with Crippen LogP contribution in [0.25, 0.3) is 0 Å². The van der Waals surface area contributed by atoms with Gasteiger partial charge in [0.25, 0.3) is 0 Å². The summed E-state index contributed by atoms with van der Waals surface area (Å²) >= 11 is 0.972. The number of hydrogen-bond acceptors (Lipinski definition) is 8. The van der Waals surface area contributed by atoms with Gasteiger partial charge in [-0.3, -0.25) is 14.6 Å². The fraction of sp³-hybridized carbons (Fsp3) is 0.240. The maximum Gasteiger partial charge on any atom is 0.227 e. The normalized spacial score (nSPS) is 14.0. The van der Waals surface area contributed by atoms with E-state index in [2.05, 4.69) is 10.3 Å². The van der Waals surface area contributed by atoms with E-state index >= 15 is 0 Å². The van der Waals surface area contributed by atoms with Crippen LogP contribution in [-0.4, -0.2) is 47.1 Å². The average Bonchev–Trinajstić information content (AvgIpc) is 2.84. The summed E-state index contributed by atoms with van der Waals surface area (Å²) in [5.74, 6) is 2.22. The molecule has 34 heavy (non-hydrogen) atoms. The number of para-hydroxylation sites is 2. The Morgan fingerprint density at radius 3 is 2.62 bits per heavy atom. The van der Waals surface area contributed by atoms with Crippen molar-refractivity contribution in [3.05, 3.63) is 82.2 Å². The van der Waals surface area contributed by atoms with Gasteiger partial charge < -0.3 is 25.8 Å². The molecule has 0 unspecified atom stereocenters. The minimum Gasteiger partial charge on any atom is -0.457 e. The van der Waals surface area contributed by atoms with Gasteiger partial charge in [0.15, 0.2) is 0 Å². The molecule has 9 heteroatoms. The SMILES string of the molecule is CC1=NCC(CN(C=O)/C(C)=C(/CCO)SC(=O)c2ccccc2Oc2ccccc2)=C(N)N1. The highest BCUT2D eigenvalue weighted by atomic mass is 32.2. The molecule has 0 saturated carbocycles. The second-order valence-electron chi connectivity index (χ2n) is 7.56. The highest BCUT2D eigenvalue weighted by Gasteiger charge is 2.21. The molecule has 1 heterocycles. The third-order valence-electron chi connectivity index (χ3n) is 5.16. The summed E-state index contributed by atoms with van der Waals surface area (Å²) in [7, 11) is 0. The number of ether oxygens (including phenoxy) is 1. The number of nitrogens with one attached hydrogen (secondary N) is 1. The average molecular weight is 481 g/mol. The van der Waals surface area contributed by atoms with Crippen LogP contribution in [-0.2, 0) is 4.79 Å². The summed E-state index contributed by atoms with van der Waals surface area (Å²) in [5.41, 5.74) is 7.78. The van der Waals surface area contributed by atoms with Crippen LogP contribution in [0.2, 0.25) is 0 Å². The number of benzene rings is 2. The van der Waals surface area contributed by atoms with Gasteiger partial charge in [0, 0.05) is 29.2 Å². The molecule has 2 aromatic carbocycles. The first kappa shape index (κ1) is 25.1. The lowest BCUT2D eigenvalue weighted by Gasteiger charge is -2.25. The molecule has 0 aliphatic carbocycles. The van der Waals surface area contributed by atoms with E-state index in [0.717, 1.165) is 17.3 Å². The monoisotopic (exact) mass is 480 g/mol. The quantitative estimate of drug-likeness (QED) is 0.445. The standard InChI is InChI=1S/C25H28N4O4S/c1-17(29(16-31)15-19-14-27-18(2)28-24(19)26)23(12-13-30)34-25(32)21-10-6-7-11-22(21)33-20-8-4-3-5-9-20/h3-11,16,30H,12-15,26H2,1-2H3,(H,27,28)/b23-17-. The molecule has 0 bridgehead atoms. The zero-order valence-electron chi connectivity index (χ0n) is 19.2. The zero-order valence-corrected chi connectivity index (χ0v) is 20.0. The van der Waals surface area contributed by atoms with E-state index in [4.69, 9.17) is 10.5 Å². The smallest absolute Gasteiger partial charge is 0.227 e. The number of rotatable bonds is 10. The van der Waals surface area contributed by atoms with E-state index < -0.39 is 0 Å². The van der Waals surface area contributed by atoms with Crippen LogP contribution in [0.3, 0.4) is 0 Å². The number of thioether (sulfide) groups is 1. The van der Waals surface area contributed by atoms with Crippen molar-refractivity contribution in [1.82, 2.24) is 10.2 Å². The summed E-state index contributed by atoms with van der Waals surface area (Å²) in [6, 6.07) is 16.2. The number of aliphatic imine (C=N–C) groups is 1. The van der Waals surface area contributed by atoms with Crippen LogP contribution in [0.1, 0.15) is 30.6 Å². The number of hydrogen-bond donors (Lipinski definition) is 3. The van der Waals surface area contributed by atoms with Gasteiger partial charge in [-0.2, -0.15) is 0 Å². The first-order chi connectivity index (χ1) is 16.4. The van der Waals surface area contributed by atoms with Crippen molar-refractivity contribution < 1.29 is 19.4 Å². The van der Waals surface area contributed by atoms with E-state index in [1.807, 2.05) is 37.3 Å². The molecular formula is C25H28N4O4S. The molecule has 8 nitrogen and oxygen atoms in total. The van der Waals surface area contributed by atoms with Gasteiger partial charge in [0.1, 0.15) is 17.3 Å². The minimum atomic E-state index is -0.251. The largest absolute Gasteiger partial charge is 0.457 e. The van der Waals surface area contributed by atoms with Crippen LogP contribution in [0.15, 0.2) is 81.6 Å². The van der Waals surface area contributed by atoms with Gasteiger partial charge in [0.2, 0.25) is 11.5 Å². The third-order valence-corrected chi connectivity index (χ3v) is 6.31. The lowest BCUT2D eigenvalue weighted by molar-refractivity contribution is -0.116. The highest BCUT2D eigenvalue weighted by Crippen LogP contribution is 2.33. The fourth-order valence-electron chi connectivity index (χ4n) is 3.27. The van der Waals surface area contributed by atoms with E-state index in [9.17, 15) is 14.7 Å². The van der Waals surface area contributed by atoms with Gasteiger partial charge in [0.05, 0.1) is 24.5 Å². The Morgan fingerprint density at radius 2 is 1.94 bits per heavy atom. The predicted molar refractivity (Wildman–Crippen MR) is 134 cm³/mol. The zero-order chi connectivity index (χ0) is 24.5. The number of nitrogens with two attached hydrogens (primary N) is 1. The van der Waals surface area contributed by atoms with Gasteiger partial charge in [-0.1, -0.05) is 30.3 Å². The Balaban J connectivity index is 1.83. The summed E-state index contributed by atoms with van der Waals surface area (Å²) in [6.07, 6.45) is 0.911. The predicted octanol–water partition coefficient (Wildman–Crippen LogP) is 3.62. The van der Waals surface area contributed by atoms with Crippen LogP contribution in [0.4, 0.5) is 0 Å². The van der Waals surface area contributed by atoms with Gasteiger partial charge >= 0.3 is 0 Å². The molecule has 2 aromatic rings. The number of amidine groups is 1.